The van der Waals surface area contributed by atoms with Crippen LogP contribution < -0.4 is 5.73 Å². The van der Waals surface area contributed by atoms with Gasteiger partial charge >= 0.3 is 0 Å². The van der Waals surface area contributed by atoms with Crippen LogP contribution in [0.15, 0.2) is 29.3 Å². The highest BCUT2D eigenvalue weighted by atomic mass is 16.3. The molecule has 2 rings (SSSR count). The maximum Gasteiger partial charge on any atom is 0.0667 e. The van der Waals surface area contributed by atoms with Crippen molar-refractivity contribution in [2.24, 2.45) is 10.7 Å². The number of hydrogen-bond donors (Lipinski definition) is 2. The quantitative estimate of drug-likeness (QED) is 0.778. The lowest BCUT2D eigenvalue weighted by atomic mass is 9.77. The Hall–Kier alpha value is -1.19. The molecule has 1 aliphatic rings. The third kappa shape index (κ3) is 1.68. The SMILES string of the molecule is NCCC1(CCO)C=Nc2ccccc21. The molecule has 15 heavy (non-hydrogen) atoms. The van der Waals surface area contributed by atoms with Crippen LogP contribution in [-0.4, -0.2) is 24.5 Å². The van der Waals surface area contributed by atoms with Gasteiger partial charge in [-0.05, 0) is 31.0 Å². The Bertz CT molecular complexity index is 368. The van der Waals surface area contributed by atoms with Crippen molar-refractivity contribution >= 4 is 11.9 Å². The number of nitrogens with two attached hydrogens (primary N) is 1. The molecule has 0 bridgehead atoms. The minimum Gasteiger partial charge on any atom is -0.396 e. The first-order valence-corrected chi connectivity index (χ1v) is 5.28. The molecular formula is C12H16N2O. The van der Waals surface area contributed by atoms with Crippen LogP contribution in [0.1, 0.15) is 18.4 Å². The molecule has 3 heteroatoms. The van der Waals surface area contributed by atoms with Crippen LogP contribution in [-0.2, 0) is 5.41 Å². The van der Waals surface area contributed by atoms with Crippen LogP contribution in [0.5, 0.6) is 0 Å². The van der Waals surface area contributed by atoms with Crippen molar-refractivity contribution < 1.29 is 5.11 Å². The van der Waals surface area contributed by atoms with Crippen molar-refractivity contribution in [2.75, 3.05) is 13.2 Å². The first-order valence-electron chi connectivity index (χ1n) is 5.28. The first kappa shape index (κ1) is 10.3. The predicted molar refractivity (Wildman–Crippen MR) is 61.6 cm³/mol. The molecule has 1 aromatic rings. The van der Waals surface area contributed by atoms with Crippen molar-refractivity contribution in [1.82, 2.24) is 0 Å². The largest absolute Gasteiger partial charge is 0.396 e. The Morgan fingerprint density at radius 1 is 1.27 bits per heavy atom. The van der Waals surface area contributed by atoms with Crippen molar-refractivity contribution in [2.45, 2.75) is 18.3 Å². The fourth-order valence-electron chi connectivity index (χ4n) is 2.25. The Morgan fingerprint density at radius 3 is 2.80 bits per heavy atom. The van der Waals surface area contributed by atoms with E-state index in [1.54, 1.807) is 0 Å². The van der Waals surface area contributed by atoms with Crippen LogP contribution in [0, 0.1) is 0 Å². The molecule has 0 aliphatic carbocycles. The number of rotatable bonds is 4. The fourth-order valence-corrected chi connectivity index (χ4v) is 2.25. The smallest absolute Gasteiger partial charge is 0.0667 e. The van der Waals surface area contributed by atoms with Gasteiger partial charge < -0.3 is 10.8 Å². The van der Waals surface area contributed by atoms with Crippen LogP contribution in [0.4, 0.5) is 5.69 Å². The minimum atomic E-state index is -0.139. The zero-order chi connectivity index (χ0) is 10.7. The number of benzene rings is 1. The zero-order valence-electron chi connectivity index (χ0n) is 8.69. The normalized spacial score (nSPS) is 23.1. The molecule has 3 nitrogen and oxygen atoms in total. The van der Waals surface area contributed by atoms with E-state index in [2.05, 4.69) is 11.1 Å². The van der Waals surface area contributed by atoms with E-state index in [-0.39, 0.29) is 12.0 Å². The highest BCUT2D eigenvalue weighted by molar-refractivity contribution is 5.85. The maximum absolute atomic E-state index is 9.14. The van der Waals surface area contributed by atoms with Gasteiger partial charge in [0.1, 0.15) is 0 Å². The summed E-state index contributed by atoms with van der Waals surface area (Å²) in [6.45, 7) is 0.778. The molecule has 0 radical (unpaired) electrons. The molecule has 1 heterocycles. The summed E-state index contributed by atoms with van der Waals surface area (Å²) in [5, 5.41) is 9.14. The third-order valence-corrected chi connectivity index (χ3v) is 3.04. The van der Waals surface area contributed by atoms with Crippen LogP contribution in [0.3, 0.4) is 0 Å². The number of aliphatic hydroxyl groups is 1. The van der Waals surface area contributed by atoms with E-state index in [1.807, 2.05) is 24.4 Å². The third-order valence-electron chi connectivity index (χ3n) is 3.04. The molecule has 1 aromatic carbocycles. The molecule has 80 valence electrons. The monoisotopic (exact) mass is 204 g/mol. The second-order valence-corrected chi connectivity index (χ2v) is 3.94. The van der Waals surface area contributed by atoms with Gasteiger partial charge in [-0.15, -0.1) is 0 Å². The summed E-state index contributed by atoms with van der Waals surface area (Å²) in [7, 11) is 0. The lowest BCUT2D eigenvalue weighted by molar-refractivity contribution is 0.261. The van der Waals surface area contributed by atoms with Crippen LogP contribution >= 0.6 is 0 Å². The maximum atomic E-state index is 9.14. The van der Waals surface area contributed by atoms with E-state index in [1.165, 1.54) is 5.56 Å². The molecular weight excluding hydrogens is 188 g/mol. The van der Waals surface area contributed by atoms with Gasteiger partial charge in [0.05, 0.1) is 5.69 Å². The molecule has 0 amide bonds. The van der Waals surface area contributed by atoms with E-state index in [0.29, 0.717) is 13.0 Å². The van der Waals surface area contributed by atoms with Gasteiger partial charge in [0.25, 0.3) is 0 Å². The summed E-state index contributed by atoms with van der Waals surface area (Å²) < 4.78 is 0. The van der Waals surface area contributed by atoms with Crippen molar-refractivity contribution in [3.8, 4) is 0 Å². The van der Waals surface area contributed by atoms with E-state index in [0.717, 1.165) is 12.1 Å². The zero-order valence-corrected chi connectivity index (χ0v) is 8.69. The van der Waals surface area contributed by atoms with Gasteiger partial charge in [-0.2, -0.15) is 0 Å². The molecule has 1 atom stereocenters. The molecule has 0 saturated carbocycles. The number of hydrogen-bond acceptors (Lipinski definition) is 3. The second-order valence-electron chi connectivity index (χ2n) is 3.94. The standard InChI is InChI=1S/C12H16N2O/c13-7-5-12(6-8-15)9-14-11-4-2-1-3-10(11)12/h1-4,9,15H,5-8,13H2. The highest BCUT2D eigenvalue weighted by Crippen LogP contribution is 2.40. The topological polar surface area (TPSA) is 58.6 Å². The molecule has 0 saturated heterocycles. The van der Waals surface area contributed by atoms with Crippen molar-refractivity contribution in [3.05, 3.63) is 29.8 Å². The van der Waals surface area contributed by atoms with E-state index in [9.17, 15) is 0 Å². The summed E-state index contributed by atoms with van der Waals surface area (Å²) in [5.74, 6) is 0. The molecule has 1 aliphatic heterocycles. The molecule has 0 spiro atoms. The molecule has 3 N–H and O–H groups in total. The Labute approximate surface area is 89.6 Å². The van der Waals surface area contributed by atoms with Gasteiger partial charge in [-0.1, -0.05) is 18.2 Å². The number of para-hydroxylation sites is 1. The van der Waals surface area contributed by atoms with E-state index < -0.39 is 0 Å². The van der Waals surface area contributed by atoms with Gasteiger partial charge in [-0.25, -0.2) is 0 Å². The number of fused-ring (bicyclic) bond motifs is 1. The number of aliphatic hydroxyl groups excluding tert-OH is 1. The average molecular weight is 204 g/mol. The molecule has 0 aromatic heterocycles. The summed E-state index contributed by atoms with van der Waals surface area (Å²) in [5.41, 5.74) is 7.71. The summed E-state index contributed by atoms with van der Waals surface area (Å²) >= 11 is 0. The Kier molecular flexibility index (Phi) is 2.84. The first-order chi connectivity index (χ1) is 7.32. The van der Waals surface area contributed by atoms with Crippen LogP contribution in [0.25, 0.3) is 0 Å². The molecule has 0 fully saturated rings. The lowest BCUT2D eigenvalue weighted by Gasteiger charge is -2.26. The minimum absolute atomic E-state index is 0.139. The number of aliphatic imine (C=N–C) groups is 1. The summed E-state index contributed by atoms with van der Waals surface area (Å²) in [6.07, 6.45) is 3.49. The van der Waals surface area contributed by atoms with E-state index in [4.69, 9.17) is 10.8 Å². The van der Waals surface area contributed by atoms with Gasteiger partial charge in [0, 0.05) is 18.2 Å². The second kappa shape index (κ2) is 4.13. The van der Waals surface area contributed by atoms with Crippen molar-refractivity contribution in [1.29, 1.82) is 0 Å². The van der Waals surface area contributed by atoms with Crippen molar-refractivity contribution in [3.63, 3.8) is 0 Å². The number of nitrogens with zero attached hydrogens (tertiary/aromatic N) is 1. The van der Waals surface area contributed by atoms with Gasteiger partial charge in [-0.3, -0.25) is 4.99 Å². The van der Waals surface area contributed by atoms with Crippen LogP contribution in [0.2, 0.25) is 0 Å². The Morgan fingerprint density at radius 2 is 2.07 bits per heavy atom. The Balaban J connectivity index is 2.39. The lowest BCUT2D eigenvalue weighted by Crippen LogP contribution is -2.30. The fraction of sp³-hybridized carbons (Fsp3) is 0.417. The average Bonchev–Trinajstić information content (AvgIpc) is 2.60. The molecule has 1 unspecified atom stereocenters. The summed E-state index contributed by atoms with van der Waals surface area (Å²) in [6, 6.07) is 8.07. The highest BCUT2D eigenvalue weighted by Gasteiger charge is 2.34. The van der Waals surface area contributed by atoms with Gasteiger partial charge in [0.15, 0.2) is 0 Å². The van der Waals surface area contributed by atoms with E-state index >= 15 is 0 Å². The van der Waals surface area contributed by atoms with Gasteiger partial charge in [0.2, 0.25) is 0 Å². The summed E-state index contributed by atoms with van der Waals surface area (Å²) in [4.78, 5) is 4.40. The predicted octanol–water partition coefficient (Wildman–Crippen LogP) is 1.37.